The van der Waals surface area contributed by atoms with Crippen molar-refractivity contribution in [2.45, 2.75) is 157 Å². The fraction of sp³-hybridized carbons (Fsp3) is 0.593. The van der Waals surface area contributed by atoms with E-state index in [-0.39, 0.29) is 5.41 Å². The van der Waals surface area contributed by atoms with Gasteiger partial charge in [0.25, 0.3) is 0 Å². The number of rotatable bonds is 17. The molecule has 0 radical (unpaired) electrons. The highest BCUT2D eigenvalue weighted by atomic mass is 16.5. The first-order valence-corrected chi connectivity index (χ1v) is 25.2. The summed E-state index contributed by atoms with van der Waals surface area (Å²) in [6.07, 6.45) is 22.8. The molecule has 344 valence electrons. The van der Waals surface area contributed by atoms with Gasteiger partial charge in [0.15, 0.2) is 0 Å². The van der Waals surface area contributed by atoms with Gasteiger partial charge in [0.2, 0.25) is 0 Å². The lowest BCUT2D eigenvalue weighted by Gasteiger charge is -2.63. The summed E-state index contributed by atoms with van der Waals surface area (Å²) in [4.78, 5) is 0. The number of hydrogen-bond acceptors (Lipinski definition) is 4. The van der Waals surface area contributed by atoms with E-state index in [1.807, 2.05) is 30.3 Å². The molecule has 0 spiro atoms. The maximum Gasteiger partial charge on any atom is 0.119 e. The van der Waals surface area contributed by atoms with Crippen LogP contribution in [-0.4, -0.2) is 6.61 Å². The molecule has 0 bridgehead atoms. The summed E-state index contributed by atoms with van der Waals surface area (Å²) in [5.41, 5.74) is 18.6. The van der Waals surface area contributed by atoms with E-state index >= 15 is 0 Å². The standard InChI is InChI=1S/C53H72N2O2.C6H14/c1-36(2)9-8-10-38(4)48-27-28-49-47-26-19-43-33-53(32-31-51(43,6)50(47)29-30-52(48,49)7,41-15-22-45(23-16-41)56-34-37(3)11-12-39(5)54)42-17-24-46(25-18-42)57-35-40-13-20-44(55)21-14-40;1-4-5-6(2)3/h11-18,20-25,36,38,43,47-50H,3,5,8-10,19,26-35,54-55H2,1-2,4,6-7H3;6H,4-5H2,1-3H3/b12-11-;. The number of anilines is 1. The minimum atomic E-state index is -0.0636. The molecule has 4 aliphatic carbocycles. The molecular weight excluding hydrogens is 769 g/mol. The smallest absolute Gasteiger partial charge is 0.119 e. The maximum absolute atomic E-state index is 6.28. The van der Waals surface area contributed by atoms with E-state index in [0.29, 0.717) is 35.7 Å². The summed E-state index contributed by atoms with van der Waals surface area (Å²) < 4.78 is 12.5. The summed E-state index contributed by atoms with van der Waals surface area (Å²) in [7, 11) is 0. The first-order valence-electron chi connectivity index (χ1n) is 25.2. The second-order valence-electron chi connectivity index (χ2n) is 22.1. The molecule has 4 heteroatoms. The molecule has 9 atom stereocenters. The second kappa shape index (κ2) is 21.4. The number of fused-ring (bicyclic) bond motifs is 5. The summed E-state index contributed by atoms with van der Waals surface area (Å²) in [5.74, 6) is 8.60. The molecule has 0 aromatic heterocycles. The van der Waals surface area contributed by atoms with Crippen LogP contribution in [0.3, 0.4) is 0 Å². The summed E-state index contributed by atoms with van der Waals surface area (Å²) >= 11 is 0. The van der Waals surface area contributed by atoms with Crippen molar-refractivity contribution in [3.63, 3.8) is 0 Å². The predicted octanol–water partition coefficient (Wildman–Crippen LogP) is 15.7. The van der Waals surface area contributed by atoms with E-state index in [4.69, 9.17) is 20.9 Å². The van der Waals surface area contributed by atoms with Crippen LogP contribution in [0.15, 0.2) is 109 Å². The predicted molar refractivity (Wildman–Crippen MR) is 269 cm³/mol. The van der Waals surface area contributed by atoms with Gasteiger partial charge in [-0.25, -0.2) is 0 Å². The quantitative estimate of drug-likeness (QED) is 0.105. The molecule has 4 fully saturated rings. The first-order chi connectivity index (χ1) is 30.1. The Bertz CT molecular complexity index is 1940. The Morgan fingerprint density at radius 3 is 1.90 bits per heavy atom. The fourth-order valence-electron chi connectivity index (χ4n) is 13.5. The Morgan fingerprint density at radius 2 is 1.32 bits per heavy atom. The van der Waals surface area contributed by atoms with E-state index < -0.39 is 0 Å². The third-order valence-electron chi connectivity index (χ3n) is 17.0. The van der Waals surface area contributed by atoms with Crippen LogP contribution in [0.5, 0.6) is 11.5 Å². The molecule has 0 heterocycles. The van der Waals surface area contributed by atoms with Gasteiger partial charge in [0.05, 0.1) is 0 Å². The topological polar surface area (TPSA) is 70.5 Å². The summed E-state index contributed by atoms with van der Waals surface area (Å²) in [6, 6.07) is 26.0. The molecule has 4 aliphatic rings. The van der Waals surface area contributed by atoms with Crippen LogP contribution in [-0.2, 0) is 12.0 Å². The zero-order valence-corrected chi connectivity index (χ0v) is 40.9. The molecular formula is C59H86N2O2. The van der Waals surface area contributed by atoms with E-state index in [0.717, 1.165) is 76.2 Å². The third kappa shape index (κ3) is 11.5. The van der Waals surface area contributed by atoms with E-state index in [2.05, 4.69) is 117 Å². The lowest BCUT2D eigenvalue weighted by Crippen LogP contribution is -2.55. The van der Waals surface area contributed by atoms with E-state index in [1.54, 1.807) is 6.08 Å². The largest absolute Gasteiger partial charge is 0.489 e. The van der Waals surface area contributed by atoms with Crippen LogP contribution >= 0.6 is 0 Å². The van der Waals surface area contributed by atoms with Gasteiger partial charge in [-0.2, -0.15) is 0 Å². The van der Waals surface area contributed by atoms with Gasteiger partial charge < -0.3 is 20.9 Å². The number of nitrogen functional groups attached to an aromatic ring is 1. The molecule has 4 N–H and O–H groups in total. The van der Waals surface area contributed by atoms with Crippen molar-refractivity contribution in [3.8, 4) is 11.5 Å². The molecule has 4 saturated carbocycles. The van der Waals surface area contributed by atoms with Gasteiger partial charge in [-0.1, -0.05) is 143 Å². The van der Waals surface area contributed by atoms with Crippen molar-refractivity contribution in [1.82, 2.24) is 0 Å². The maximum atomic E-state index is 6.28. The lowest BCUT2D eigenvalue weighted by atomic mass is 9.42. The fourth-order valence-corrected chi connectivity index (χ4v) is 13.5. The molecule has 3 aromatic carbocycles. The average Bonchev–Trinajstić information content (AvgIpc) is 3.62. The van der Waals surface area contributed by atoms with Crippen LogP contribution < -0.4 is 20.9 Å². The highest BCUT2D eigenvalue weighted by Gasteiger charge is 2.62. The van der Waals surface area contributed by atoms with Crippen molar-refractivity contribution >= 4 is 5.69 Å². The second-order valence-corrected chi connectivity index (χ2v) is 22.1. The minimum absolute atomic E-state index is 0.0636. The highest BCUT2D eigenvalue weighted by molar-refractivity contribution is 5.45. The molecule has 4 nitrogen and oxygen atoms in total. The summed E-state index contributed by atoms with van der Waals surface area (Å²) in [6.45, 7) is 28.4. The molecule has 3 aromatic rings. The number of hydrogen-bond donors (Lipinski definition) is 2. The van der Waals surface area contributed by atoms with Crippen molar-refractivity contribution in [2.75, 3.05) is 12.3 Å². The Kier molecular flexibility index (Phi) is 16.5. The van der Waals surface area contributed by atoms with Crippen molar-refractivity contribution in [1.29, 1.82) is 0 Å². The van der Waals surface area contributed by atoms with Crippen LogP contribution in [0.1, 0.15) is 162 Å². The zero-order chi connectivity index (χ0) is 45.4. The third-order valence-corrected chi connectivity index (χ3v) is 17.0. The molecule has 0 saturated heterocycles. The molecule has 0 aliphatic heterocycles. The number of benzene rings is 3. The molecule has 63 heavy (non-hydrogen) atoms. The Labute approximate surface area is 384 Å². The Hall–Kier alpha value is -3.92. The van der Waals surface area contributed by atoms with Gasteiger partial charge >= 0.3 is 0 Å². The molecule has 9 unspecified atom stereocenters. The van der Waals surface area contributed by atoms with Gasteiger partial charge in [-0.05, 0) is 181 Å². The summed E-state index contributed by atoms with van der Waals surface area (Å²) in [5, 5.41) is 0. The van der Waals surface area contributed by atoms with Gasteiger partial charge in [-0.3, -0.25) is 0 Å². The average molecular weight is 855 g/mol. The molecule has 7 rings (SSSR count). The van der Waals surface area contributed by atoms with Crippen LogP contribution in [0.2, 0.25) is 0 Å². The van der Waals surface area contributed by atoms with E-state index in [1.165, 1.54) is 94.6 Å². The van der Waals surface area contributed by atoms with Gasteiger partial charge in [-0.15, -0.1) is 0 Å². The first kappa shape index (κ1) is 48.5. The van der Waals surface area contributed by atoms with Crippen molar-refractivity contribution < 1.29 is 9.47 Å². The van der Waals surface area contributed by atoms with Crippen LogP contribution in [0.4, 0.5) is 5.69 Å². The van der Waals surface area contributed by atoms with Gasteiger partial charge in [0.1, 0.15) is 24.7 Å². The monoisotopic (exact) mass is 855 g/mol. The van der Waals surface area contributed by atoms with Crippen molar-refractivity contribution in [3.05, 3.63) is 126 Å². The number of ether oxygens (including phenoxy) is 2. The molecule has 0 amide bonds. The van der Waals surface area contributed by atoms with Crippen LogP contribution in [0.25, 0.3) is 0 Å². The van der Waals surface area contributed by atoms with E-state index in [9.17, 15) is 0 Å². The number of nitrogens with two attached hydrogens (primary N) is 2. The van der Waals surface area contributed by atoms with Crippen LogP contribution in [0, 0.1) is 58.2 Å². The van der Waals surface area contributed by atoms with Crippen molar-refractivity contribution in [2.24, 2.45) is 63.9 Å². The number of allylic oxidation sites excluding steroid dienone is 1. The Morgan fingerprint density at radius 1 is 0.698 bits per heavy atom. The minimum Gasteiger partial charge on any atom is -0.489 e. The van der Waals surface area contributed by atoms with Gasteiger partial charge in [0, 0.05) is 16.8 Å². The lowest BCUT2D eigenvalue weighted by molar-refractivity contribution is -0.122. The zero-order valence-electron chi connectivity index (χ0n) is 40.9. The SMILES string of the molecule is C=C(N)/C=C\C(=C)COc1ccc(C2(c3ccc(OCc4ccc(N)cc4)cc3)CCC3(C)C(CCC4C3CCC3(C)C(C(C)CCCC(C)C)CCC43)C2)cc1.CCCC(C)C. The Balaban J connectivity index is 0.00000103. The highest BCUT2D eigenvalue weighted by Crippen LogP contribution is 2.70. The normalized spacial score (nSPS) is 29.3.